The van der Waals surface area contributed by atoms with Crippen LogP contribution in [0.5, 0.6) is 11.5 Å². The Morgan fingerprint density at radius 1 is 1.00 bits per heavy atom. The van der Waals surface area contributed by atoms with Gasteiger partial charge in [0.2, 0.25) is 0 Å². The van der Waals surface area contributed by atoms with E-state index >= 15 is 0 Å². The number of carbonyl (C=O) groups is 1. The average Bonchev–Trinajstić information content (AvgIpc) is 3.76. The highest BCUT2D eigenvalue weighted by molar-refractivity contribution is 6.02. The Morgan fingerprint density at radius 2 is 1.78 bits per heavy atom. The number of fused-ring (bicyclic) bond motifs is 1. The Hall–Kier alpha value is -4.40. The molecule has 0 atom stereocenters. The summed E-state index contributed by atoms with van der Waals surface area (Å²) in [6.07, 6.45) is 1.84. The van der Waals surface area contributed by atoms with E-state index in [-0.39, 0.29) is 29.1 Å². The first-order valence-electron chi connectivity index (χ1n) is 11.5. The molecule has 0 bridgehead atoms. The van der Waals surface area contributed by atoms with Crippen molar-refractivity contribution < 1.29 is 19.0 Å². The number of ether oxygens (including phenoxy) is 3. The number of hydrogen-bond acceptors (Lipinski definition) is 7. The number of aromatic nitrogens is 3. The fraction of sp³-hybridized carbons (Fsp3) is 0.259. The Morgan fingerprint density at radius 3 is 2.47 bits per heavy atom. The molecule has 0 amide bonds. The molecule has 0 N–H and O–H groups in total. The predicted molar refractivity (Wildman–Crippen MR) is 134 cm³/mol. The lowest BCUT2D eigenvalue weighted by Crippen LogP contribution is -2.41. The van der Waals surface area contributed by atoms with Crippen LogP contribution in [-0.4, -0.2) is 41.4 Å². The highest BCUT2D eigenvalue weighted by Crippen LogP contribution is 2.40. The summed E-state index contributed by atoms with van der Waals surface area (Å²) in [6.45, 7) is -0.0368. The van der Waals surface area contributed by atoms with Gasteiger partial charge in [-0.3, -0.25) is 9.36 Å². The Kier molecular flexibility index (Phi) is 6.05. The van der Waals surface area contributed by atoms with Crippen LogP contribution in [0.1, 0.15) is 40.4 Å². The molecule has 2 heterocycles. The smallest absolute Gasteiger partial charge is 0.338 e. The van der Waals surface area contributed by atoms with Crippen molar-refractivity contribution in [1.29, 1.82) is 0 Å². The molecule has 2 aromatic carbocycles. The third-order valence-corrected chi connectivity index (χ3v) is 6.32. The van der Waals surface area contributed by atoms with E-state index in [2.05, 4.69) is 0 Å². The van der Waals surface area contributed by atoms with E-state index in [0.717, 1.165) is 17.4 Å². The van der Waals surface area contributed by atoms with Crippen LogP contribution >= 0.6 is 0 Å². The molecule has 0 radical (unpaired) electrons. The monoisotopic (exact) mass is 487 g/mol. The molecule has 2 aromatic heterocycles. The molecule has 36 heavy (non-hydrogen) atoms. The second-order valence-corrected chi connectivity index (χ2v) is 8.59. The van der Waals surface area contributed by atoms with Crippen molar-refractivity contribution in [3.8, 4) is 17.2 Å². The summed E-state index contributed by atoms with van der Waals surface area (Å²) in [5.41, 5.74) is 0.692. The number of nitrogens with zero attached hydrogens (tertiary/aromatic N) is 3. The molecule has 1 fully saturated rings. The Labute approximate surface area is 206 Å². The van der Waals surface area contributed by atoms with Crippen molar-refractivity contribution in [1.82, 2.24) is 14.1 Å². The van der Waals surface area contributed by atoms with E-state index < -0.39 is 17.2 Å². The second-order valence-electron chi connectivity index (χ2n) is 8.59. The maximum absolute atomic E-state index is 14.0. The number of esters is 1. The lowest BCUT2D eigenvalue weighted by Gasteiger charge is -2.18. The molecule has 0 saturated heterocycles. The van der Waals surface area contributed by atoms with E-state index in [1.165, 1.54) is 18.8 Å². The van der Waals surface area contributed by atoms with Gasteiger partial charge in [0.25, 0.3) is 5.56 Å². The fourth-order valence-corrected chi connectivity index (χ4v) is 4.34. The molecule has 0 aliphatic heterocycles. The molecule has 1 aliphatic rings. The number of pyridine rings is 1. The van der Waals surface area contributed by atoms with E-state index in [9.17, 15) is 14.4 Å². The summed E-state index contributed by atoms with van der Waals surface area (Å²) >= 11 is 0. The third kappa shape index (κ3) is 4.02. The highest BCUT2D eigenvalue weighted by Gasteiger charge is 2.30. The predicted octanol–water partition coefficient (Wildman–Crippen LogP) is 3.28. The number of benzene rings is 2. The molecule has 0 spiro atoms. The zero-order chi connectivity index (χ0) is 25.4. The maximum atomic E-state index is 14.0. The van der Waals surface area contributed by atoms with E-state index in [1.807, 2.05) is 0 Å². The van der Waals surface area contributed by atoms with Gasteiger partial charge in [-0.05, 0) is 48.7 Å². The molecule has 1 aliphatic carbocycles. The first-order valence-corrected chi connectivity index (χ1v) is 11.5. The minimum Gasteiger partial charge on any atom is -0.497 e. The first kappa shape index (κ1) is 23.3. The summed E-state index contributed by atoms with van der Waals surface area (Å²) in [6, 6.07) is 15.7. The molecule has 0 unspecified atom stereocenters. The molecule has 1 saturated carbocycles. The lowest BCUT2D eigenvalue weighted by molar-refractivity contribution is 0.0602. The van der Waals surface area contributed by atoms with Gasteiger partial charge in [-0.2, -0.15) is 0 Å². The van der Waals surface area contributed by atoms with Crippen molar-refractivity contribution in [2.24, 2.45) is 0 Å². The molecule has 4 aromatic rings. The summed E-state index contributed by atoms with van der Waals surface area (Å²) in [5, 5.41) is 0.0136. The zero-order valence-corrected chi connectivity index (χ0v) is 20.2. The van der Waals surface area contributed by atoms with Gasteiger partial charge in [-0.1, -0.05) is 24.3 Å². The first-order chi connectivity index (χ1) is 17.5. The summed E-state index contributed by atoms with van der Waals surface area (Å²) in [4.78, 5) is 45.4. The number of carbonyl (C=O) groups excluding carboxylic acids is 1. The fourth-order valence-electron chi connectivity index (χ4n) is 4.34. The van der Waals surface area contributed by atoms with Crippen LogP contribution in [0.25, 0.3) is 16.7 Å². The summed E-state index contributed by atoms with van der Waals surface area (Å²) in [5.74, 6) is 0.515. The van der Waals surface area contributed by atoms with E-state index in [0.29, 0.717) is 28.4 Å². The SMILES string of the molecule is COC(=O)c1cc(C2CC2)nc2c1c(=O)n(Cc1cccc(OC)c1)c(=O)n2-c1ccccc1OC. The van der Waals surface area contributed by atoms with Gasteiger partial charge < -0.3 is 14.2 Å². The van der Waals surface area contributed by atoms with Gasteiger partial charge in [-0.15, -0.1) is 0 Å². The van der Waals surface area contributed by atoms with Gasteiger partial charge in [0.15, 0.2) is 5.65 Å². The molecular formula is C27H25N3O6. The summed E-state index contributed by atoms with van der Waals surface area (Å²) in [7, 11) is 4.30. The van der Waals surface area contributed by atoms with E-state index in [4.69, 9.17) is 19.2 Å². The van der Waals surface area contributed by atoms with Crippen molar-refractivity contribution in [3.63, 3.8) is 0 Å². The largest absolute Gasteiger partial charge is 0.497 e. The number of methoxy groups -OCH3 is 3. The average molecular weight is 488 g/mol. The van der Waals surface area contributed by atoms with Crippen LogP contribution in [0.2, 0.25) is 0 Å². The summed E-state index contributed by atoms with van der Waals surface area (Å²) < 4.78 is 18.3. The maximum Gasteiger partial charge on any atom is 0.338 e. The third-order valence-electron chi connectivity index (χ3n) is 6.32. The van der Waals surface area contributed by atoms with Crippen LogP contribution in [-0.2, 0) is 11.3 Å². The number of hydrogen-bond donors (Lipinski definition) is 0. The molecular weight excluding hydrogens is 462 g/mol. The van der Waals surface area contributed by atoms with Crippen molar-refractivity contribution in [2.75, 3.05) is 21.3 Å². The van der Waals surface area contributed by atoms with Crippen LogP contribution in [0.15, 0.2) is 64.2 Å². The van der Waals surface area contributed by atoms with Gasteiger partial charge in [0, 0.05) is 11.6 Å². The molecule has 9 heteroatoms. The second kappa shape index (κ2) is 9.33. The minimum atomic E-state index is -0.667. The molecule has 9 nitrogen and oxygen atoms in total. The standard InChI is InChI=1S/C27H25N3O6/c1-34-18-8-6-7-16(13-18)15-29-25(31)23-19(26(32)36-3)14-20(17-11-12-17)28-24(23)30(27(29)33)21-9-4-5-10-22(21)35-2/h4-10,13-14,17H,11-12,15H2,1-3H3. The normalized spacial score (nSPS) is 13.0. The molecule has 184 valence electrons. The van der Waals surface area contributed by atoms with Crippen molar-refractivity contribution in [3.05, 3.63) is 92.3 Å². The number of para-hydroxylation sites is 2. The topological polar surface area (TPSA) is 102 Å². The van der Waals surface area contributed by atoms with Crippen LogP contribution < -0.4 is 20.7 Å². The molecule has 5 rings (SSSR count). The van der Waals surface area contributed by atoms with Gasteiger partial charge in [0.05, 0.1) is 44.5 Å². The Balaban J connectivity index is 1.89. The highest BCUT2D eigenvalue weighted by atomic mass is 16.5. The van der Waals surface area contributed by atoms with Gasteiger partial charge >= 0.3 is 11.7 Å². The van der Waals surface area contributed by atoms with Crippen LogP contribution in [0.3, 0.4) is 0 Å². The number of rotatable bonds is 7. The zero-order valence-electron chi connectivity index (χ0n) is 20.2. The minimum absolute atomic E-state index is 0.0136. The van der Waals surface area contributed by atoms with Crippen LogP contribution in [0, 0.1) is 0 Å². The quantitative estimate of drug-likeness (QED) is 0.369. The van der Waals surface area contributed by atoms with Gasteiger partial charge in [0.1, 0.15) is 11.5 Å². The van der Waals surface area contributed by atoms with Crippen LogP contribution in [0.4, 0.5) is 0 Å². The van der Waals surface area contributed by atoms with Crippen molar-refractivity contribution >= 4 is 17.0 Å². The van der Waals surface area contributed by atoms with E-state index in [1.54, 1.807) is 61.7 Å². The Bertz CT molecular complexity index is 1600. The lowest BCUT2D eigenvalue weighted by atomic mass is 10.1. The van der Waals surface area contributed by atoms with Gasteiger partial charge in [-0.25, -0.2) is 19.1 Å². The van der Waals surface area contributed by atoms with Crippen molar-refractivity contribution in [2.45, 2.75) is 25.3 Å².